The minimum Gasteiger partial charge on any atom is -0.327 e. The molecule has 1 aromatic heterocycles. The first-order chi connectivity index (χ1) is 12.0. The largest absolute Gasteiger partial charge is 0.327 e. The number of benzene rings is 1. The van der Waals surface area contributed by atoms with Gasteiger partial charge < -0.3 is 11.1 Å². The Hall–Kier alpha value is -2.60. The summed E-state index contributed by atoms with van der Waals surface area (Å²) in [5.74, 6) is -0.447. The summed E-state index contributed by atoms with van der Waals surface area (Å²) in [5, 5.41) is 2.73. The smallest absolute Gasteiger partial charge is 0.229 e. The van der Waals surface area contributed by atoms with Crippen LogP contribution >= 0.6 is 0 Å². The zero-order chi connectivity index (χ0) is 17.8. The molecule has 0 radical (unpaired) electrons. The Bertz CT molecular complexity index is 794. The molecule has 25 heavy (non-hydrogen) atoms. The van der Waals surface area contributed by atoms with Crippen LogP contribution < -0.4 is 11.1 Å². The maximum absolute atomic E-state index is 13.7. The van der Waals surface area contributed by atoms with E-state index in [-0.39, 0.29) is 30.3 Å². The third-order valence-corrected chi connectivity index (χ3v) is 4.37. The summed E-state index contributed by atoms with van der Waals surface area (Å²) in [4.78, 5) is 28.5. The highest BCUT2D eigenvalue weighted by Gasteiger charge is 2.29. The van der Waals surface area contributed by atoms with Gasteiger partial charge in [0.1, 0.15) is 17.4 Å². The van der Waals surface area contributed by atoms with Gasteiger partial charge in [-0.3, -0.25) is 9.59 Å². The van der Waals surface area contributed by atoms with Crippen LogP contribution in [0.4, 0.5) is 10.2 Å². The van der Waals surface area contributed by atoms with E-state index in [1.54, 1.807) is 30.5 Å². The summed E-state index contributed by atoms with van der Waals surface area (Å²) in [6, 6.07) is 9.63. The second kappa shape index (κ2) is 7.53. The van der Waals surface area contributed by atoms with Crippen LogP contribution in [0, 0.1) is 11.7 Å². The summed E-state index contributed by atoms with van der Waals surface area (Å²) in [6.45, 7) is 0. The molecular formula is C19H20FN3O2. The van der Waals surface area contributed by atoms with E-state index in [0.717, 1.165) is 5.56 Å². The first-order valence-electron chi connectivity index (χ1n) is 8.28. The molecule has 1 aliphatic rings. The van der Waals surface area contributed by atoms with Crippen molar-refractivity contribution >= 4 is 17.5 Å². The van der Waals surface area contributed by atoms with Crippen molar-refractivity contribution < 1.29 is 14.0 Å². The predicted molar refractivity (Wildman–Crippen MR) is 92.4 cm³/mol. The Morgan fingerprint density at radius 3 is 2.92 bits per heavy atom. The Morgan fingerprint density at radius 1 is 1.32 bits per heavy atom. The summed E-state index contributed by atoms with van der Waals surface area (Å²) in [7, 11) is 0. The highest BCUT2D eigenvalue weighted by molar-refractivity contribution is 5.97. The SMILES string of the molecule is N[C@@H](CC(=O)CC1Cc2cccnc2NC1=O)Cc1ccccc1F. The predicted octanol–water partition coefficient (Wildman–Crippen LogP) is 2.25. The van der Waals surface area contributed by atoms with Crippen LogP contribution in [0.25, 0.3) is 0 Å². The second-order valence-electron chi connectivity index (χ2n) is 6.40. The van der Waals surface area contributed by atoms with Crippen LogP contribution in [0.3, 0.4) is 0 Å². The molecule has 0 spiro atoms. The number of Topliss-reactive ketones (excluding diaryl/α,β-unsaturated/α-hetero) is 1. The van der Waals surface area contributed by atoms with Gasteiger partial charge >= 0.3 is 0 Å². The molecule has 0 saturated heterocycles. The van der Waals surface area contributed by atoms with Crippen molar-refractivity contribution in [3.05, 3.63) is 59.5 Å². The van der Waals surface area contributed by atoms with Crippen molar-refractivity contribution in [3.8, 4) is 0 Å². The van der Waals surface area contributed by atoms with E-state index in [9.17, 15) is 14.0 Å². The number of carbonyl (C=O) groups excluding carboxylic acids is 2. The van der Waals surface area contributed by atoms with Crippen molar-refractivity contribution in [2.45, 2.75) is 31.7 Å². The van der Waals surface area contributed by atoms with Crippen LogP contribution in [0.15, 0.2) is 42.6 Å². The van der Waals surface area contributed by atoms with Crippen molar-refractivity contribution in [1.29, 1.82) is 0 Å². The van der Waals surface area contributed by atoms with Crippen molar-refractivity contribution in [2.24, 2.45) is 11.7 Å². The van der Waals surface area contributed by atoms with E-state index in [2.05, 4.69) is 10.3 Å². The highest BCUT2D eigenvalue weighted by atomic mass is 19.1. The van der Waals surface area contributed by atoms with Gasteiger partial charge in [-0.1, -0.05) is 24.3 Å². The first kappa shape index (κ1) is 17.2. The minimum absolute atomic E-state index is 0.0867. The molecule has 2 heterocycles. The molecule has 0 saturated carbocycles. The quantitative estimate of drug-likeness (QED) is 0.844. The summed E-state index contributed by atoms with van der Waals surface area (Å²) in [5.41, 5.74) is 7.42. The number of pyridine rings is 1. The van der Waals surface area contributed by atoms with Gasteiger partial charge in [0.15, 0.2) is 0 Å². The lowest BCUT2D eigenvalue weighted by molar-refractivity contribution is -0.126. The minimum atomic E-state index is -0.468. The maximum atomic E-state index is 13.7. The summed E-state index contributed by atoms with van der Waals surface area (Å²) < 4.78 is 13.7. The number of nitrogens with two attached hydrogens (primary N) is 1. The number of hydrogen-bond donors (Lipinski definition) is 2. The third kappa shape index (κ3) is 4.28. The van der Waals surface area contributed by atoms with Crippen LogP contribution in [0.5, 0.6) is 0 Å². The fourth-order valence-corrected chi connectivity index (χ4v) is 3.13. The van der Waals surface area contributed by atoms with Crippen LogP contribution in [0.2, 0.25) is 0 Å². The van der Waals surface area contributed by atoms with E-state index in [1.165, 1.54) is 6.07 Å². The van der Waals surface area contributed by atoms with E-state index in [0.29, 0.717) is 24.2 Å². The standard InChI is InChI=1S/C19H20FN3O2/c20-17-6-2-1-4-12(17)9-15(21)11-16(24)10-14-8-13-5-3-7-22-18(13)23-19(14)25/h1-7,14-15H,8-11,21H2,(H,22,23,25)/t14?,15-/m1/s1. The molecule has 6 heteroatoms. The van der Waals surface area contributed by atoms with Crippen LogP contribution in [0.1, 0.15) is 24.0 Å². The van der Waals surface area contributed by atoms with Gasteiger partial charge in [0.05, 0.1) is 0 Å². The Balaban J connectivity index is 1.56. The van der Waals surface area contributed by atoms with E-state index >= 15 is 0 Å². The van der Waals surface area contributed by atoms with Crippen LogP contribution in [-0.2, 0) is 22.4 Å². The second-order valence-corrected chi connectivity index (χ2v) is 6.40. The monoisotopic (exact) mass is 341 g/mol. The number of halogens is 1. The fourth-order valence-electron chi connectivity index (χ4n) is 3.13. The number of ketones is 1. The average molecular weight is 341 g/mol. The van der Waals surface area contributed by atoms with Crippen molar-refractivity contribution in [1.82, 2.24) is 4.98 Å². The average Bonchev–Trinajstić information content (AvgIpc) is 2.57. The molecule has 1 unspecified atom stereocenters. The Morgan fingerprint density at radius 2 is 2.12 bits per heavy atom. The number of amides is 1. The zero-order valence-corrected chi connectivity index (χ0v) is 13.7. The molecule has 0 aliphatic carbocycles. The topological polar surface area (TPSA) is 85.1 Å². The number of nitrogens with one attached hydrogen (secondary N) is 1. The van der Waals surface area contributed by atoms with Crippen molar-refractivity contribution in [2.75, 3.05) is 5.32 Å². The molecule has 1 aliphatic heterocycles. The molecule has 1 aromatic carbocycles. The molecule has 3 rings (SSSR count). The zero-order valence-electron chi connectivity index (χ0n) is 13.7. The number of aromatic nitrogens is 1. The number of rotatable bonds is 6. The lowest BCUT2D eigenvalue weighted by atomic mass is 9.89. The van der Waals surface area contributed by atoms with Gasteiger partial charge in [0.2, 0.25) is 5.91 Å². The van der Waals surface area contributed by atoms with Gasteiger partial charge in [-0.15, -0.1) is 0 Å². The van der Waals surface area contributed by atoms with Gasteiger partial charge in [-0.25, -0.2) is 9.37 Å². The molecule has 2 aromatic rings. The van der Waals surface area contributed by atoms with E-state index in [1.807, 2.05) is 6.07 Å². The normalized spacial score (nSPS) is 17.5. The summed E-state index contributed by atoms with van der Waals surface area (Å²) >= 11 is 0. The third-order valence-electron chi connectivity index (χ3n) is 4.37. The molecule has 0 fully saturated rings. The molecule has 5 nitrogen and oxygen atoms in total. The van der Waals surface area contributed by atoms with Crippen LogP contribution in [-0.4, -0.2) is 22.7 Å². The molecule has 2 atom stereocenters. The number of hydrogen-bond acceptors (Lipinski definition) is 4. The first-order valence-corrected chi connectivity index (χ1v) is 8.28. The molecule has 130 valence electrons. The number of nitrogens with zero attached hydrogens (tertiary/aromatic N) is 1. The number of fused-ring (bicyclic) bond motifs is 1. The van der Waals surface area contributed by atoms with Gasteiger partial charge in [-0.2, -0.15) is 0 Å². The number of carbonyl (C=O) groups is 2. The Labute approximate surface area is 145 Å². The molecule has 0 bridgehead atoms. The van der Waals surface area contributed by atoms with Gasteiger partial charge in [0.25, 0.3) is 0 Å². The highest BCUT2D eigenvalue weighted by Crippen LogP contribution is 2.25. The summed E-state index contributed by atoms with van der Waals surface area (Å²) in [6.07, 6.45) is 2.65. The van der Waals surface area contributed by atoms with E-state index < -0.39 is 12.0 Å². The molecular weight excluding hydrogens is 321 g/mol. The van der Waals surface area contributed by atoms with Gasteiger partial charge in [-0.05, 0) is 36.1 Å². The molecule has 1 amide bonds. The van der Waals surface area contributed by atoms with Gasteiger partial charge in [0, 0.05) is 31.0 Å². The lowest BCUT2D eigenvalue weighted by Gasteiger charge is -2.23. The number of anilines is 1. The molecule has 3 N–H and O–H groups in total. The lowest BCUT2D eigenvalue weighted by Crippen LogP contribution is -2.34. The van der Waals surface area contributed by atoms with E-state index in [4.69, 9.17) is 5.73 Å². The maximum Gasteiger partial charge on any atom is 0.229 e. The Kier molecular flexibility index (Phi) is 5.19. The fraction of sp³-hybridized carbons (Fsp3) is 0.316. The van der Waals surface area contributed by atoms with Crippen molar-refractivity contribution in [3.63, 3.8) is 0 Å².